The Bertz CT molecular complexity index is 1340. The number of thiocarbonyl (C=S) groups is 1. The first-order chi connectivity index (χ1) is 16.9. The summed E-state index contributed by atoms with van der Waals surface area (Å²) in [6, 6.07) is 13.3. The number of furan rings is 1. The van der Waals surface area contributed by atoms with Gasteiger partial charge in [0.1, 0.15) is 20.6 Å². The molecule has 7 nitrogen and oxygen atoms in total. The molecule has 2 aromatic heterocycles. The third kappa shape index (κ3) is 2.79. The van der Waals surface area contributed by atoms with Crippen LogP contribution in [0.4, 0.5) is 5.69 Å². The van der Waals surface area contributed by atoms with Crippen molar-refractivity contribution in [2.75, 3.05) is 32.6 Å². The second-order valence-electron chi connectivity index (χ2n) is 8.98. The van der Waals surface area contributed by atoms with E-state index >= 15 is 0 Å². The Balaban J connectivity index is 1.61. The maximum absolute atomic E-state index is 14.6. The van der Waals surface area contributed by atoms with Gasteiger partial charge in [-0.15, -0.1) is 11.3 Å². The predicted molar refractivity (Wildman–Crippen MR) is 140 cm³/mol. The second kappa shape index (κ2) is 7.92. The van der Waals surface area contributed by atoms with E-state index in [1.807, 2.05) is 53.7 Å². The number of methoxy groups -OCH3 is 1. The maximum atomic E-state index is 14.6. The van der Waals surface area contributed by atoms with E-state index in [9.17, 15) is 9.59 Å². The number of nitrogens with zero attached hydrogens (tertiary/aromatic N) is 3. The summed E-state index contributed by atoms with van der Waals surface area (Å²) in [5.74, 6) is 0.747. The van der Waals surface area contributed by atoms with Gasteiger partial charge in [0.05, 0.1) is 19.9 Å². The smallest absolute Gasteiger partial charge is 0.254 e. The average Bonchev–Trinajstić information content (AvgIpc) is 3.66. The van der Waals surface area contributed by atoms with Crippen molar-refractivity contribution >= 4 is 57.1 Å². The average molecular weight is 526 g/mol. The lowest BCUT2D eigenvalue weighted by Gasteiger charge is -2.42. The molecule has 3 aliphatic rings. The van der Waals surface area contributed by atoms with Gasteiger partial charge in [-0.2, -0.15) is 0 Å². The Kier molecular flexibility index (Phi) is 5.16. The molecule has 0 bridgehead atoms. The van der Waals surface area contributed by atoms with Crippen molar-refractivity contribution in [3.05, 3.63) is 70.3 Å². The number of likely N-dealkylation sites (N-methyl/N-ethyl adjacent to an activating group) is 2. The van der Waals surface area contributed by atoms with Crippen LogP contribution in [0.15, 0.2) is 58.5 Å². The van der Waals surface area contributed by atoms with Crippen LogP contribution in [0.3, 0.4) is 0 Å². The van der Waals surface area contributed by atoms with E-state index in [0.29, 0.717) is 22.4 Å². The van der Waals surface area contributed by atoms with Gasteiger partial charge in [0.2, 0.25) is 5.91 Å². The number of carbonyl (C=O) groups excluding carboxylic acids is 2. The molecular formula is C25H23N3O4S3. The number of ether oxygens (including phenoxy) is 1. The molecule has 0 saturated carbocycles. The van der Waals surface area contributed by atoms with Crippen molar-refractivity contribution in [2.45, 2.75) is 22.7 Å². The van der Waals surface area contributed by atoms with E-state index in [2.05, 4.69) is 0 Å². The van der Waals surface area contributed by atoms with Crippen LogP contribution >= 0.6 is 35.3 Å². The fourth-order valence-corrected chi connectivity index (χ4v) is 9.02. The third-order valence-electron chi connectivity index (χ3n) is 7.44. The number of hydrogen-bond acceptors (Lipinski definition) is 8. The fraction of sp³-hybridized carbons (Fsp3) is 0.320. The number of hydrogen-bond donors (Lipinski definition) is 0. The summed E-state index contributed by atoms with van der Waals surface area (Å²) in [6.07, 6.45) is 1.58. The van der Waals surface area contributed by atoms with Gasteiger partial charge in [0.15, 0.2) is 5.54 Å². The van der Waals surface area contributed by atoms with Gasteiger partial charge < -0.3 is 14.1 Å². The normalized spacial score (nSPS) is 28.2. The second-order valence-corrected chi connectivity index (χ2v) is 11.8. The van der Waals surface area contributed by atoms with Crippen LogP contribution in [-0.4, -0.2) is 58.4 Å². The number of amides is 2. The zero-order chi connectivity index (χ0) is 24.5. The molecule has 0 unspecified atom stereocenters. The molecule has 1 aromatic carbocycles. The predicted octanol–water partition coefficient (Wildman–Crippen LogP) is 4.05. The Labute approximate surface area is 216 Å². The quantitative estimate of drug-likeness (QED) is 0.476. The minimum Gasteiger partial charge on any atom is -0.497 e. The molecular weight excluding hydrogens is 502 g/mol. The molecule has 0 aliphatic carbocycles. The van der Waals surface area contributed by atoms with Crippen LogP contribution in [-0.2, 0) is 21.7 Å². The molecule has 2 spiro atoms. The van der Waals surface area contributed by atoms with Crippen molar-refractivity contribution in [2.24, 2.45) is 0 Å². The molecule has 0 N–H and O–H groups in total. The van der Waals surface area contributed by atoms with E-state index in [1.54, 1.807) is 47.6 Å². The number of benzene rings is 1. The molecule has 2 saturated heterocycles. The summed E-state index contributed by atoms with van der Waals surface area (Å²) in [5.41, 5.74) is 0.302. The Morgan fingerprint density at radius 1 is 1.17 bits per heavy atom. The topological polar surface area (TPSA) is 66.2 Å². The highest BCUT2D eigenvalue weighted by atomic mass is 32.2. The highest BCUT2D eigenvalue weighted by Crippen LogP contribution is 2.67. The number of fused-ring (bicyclic) bond motifs is 3. The van der Waals surface area contributed by atoms with E-state index in [0.717, 1.165) is 16.1 Å². The standard InChI is InChI=1S/C25H23N3O4S3/c1-26-14-18(20-7-5-11-34-20)25(22(30)28(23(33)35-25)13-16-6-4-10-32-16)24(26)17-12-15(31-3)8-9-19(17)27(2)21(24)29/h4-12,18H,13-14H2,1-3H3/t18-,24-,25-/m1/s1. The molecule has 3 aromatic rings. The molecule has 10 heteroatoms. The molecule has 6 rings (SSSR count). The maximum Gasteiger partial charge on any atom is 0.254 e. The van der Waals surface area contributed by atoms with Crippen molar-refractivity contribution in [3.63, 3.8) is 0 Å². The number of thiophene rings is 1. The van der Waals surface area contributed by atoms with Crippen LogP contribution in [0.2, 0.25) is 0 Å². The Morgan fingerprint density at radius 3 is 2.69 bits per heavy atom. The minimum absolute atomic E-state index is 0.134. The molecule has 3 aliphatic heterocycles. The first-order valence-corrected chi connectivity index (χ1v) is 13.2. The zero-order valence-corrected chi connectivity index (χ0v) is 21.8. The van der Waals surface area contributed by atoms with Gasteiger partial charge in [-0.3, -0.25) is 19.4 Å². The minimum atomic E-state index is -1.25. The molecule has 2 amide bonds. The SMILES string of the molecule is COc1ccc2c(c1)[C@]1(C(=O)N2C)N(C)C[C@H](c2cccs2)[C@]12SC(=S)N(Cc1ccco1)C2=O. The lowest BCUT2D eigenvalue weighted by molar-refractivity contribution is -0.139. The van der Waals surface area contributed by atoms with Crippen LogP contribution < -0.4 is 9.64 Å². The first kappa shape index (κ1) is 22.8. The number of carbonyl (C=O) groups is 2. The molecule has 3 atom stereocenters. The molecule has 2 fully saturated rings. The van der Waals surface area contributed by atoms with Crippen LogP contribution in [0.5, 0.6) is 5.75 Å². The first-order valence-electron chi connectivity index (χ1n) is 11.1. The van der Waals surface area contributed by atoms with Gasteiger partial charge in [-0.25, -0.2) is 0 Å². The van der Waals surface area contributed by atoms with Crippen LogP contribution in [0, 0.1) is 0 Å². The van der Waals surface area contributed by atoms with Crippen LogP contribution in [0.1, 0.15) is 22.1 Å². The van der Waals surface area contributed by atoms with E-state index in [1.165, 1.54) is 11.8 Å². The monoisotopic (exact) mass is 525 g/mol. The zero-order valence-electron chi connectivity index (χ0n) is 19.4. The molecule has 180 valence electrons. The van der Waals surface area contributed by atoms with Gasteiger partial charge >= 0.3 is 0 Å². The highest BCUT2D eigenvalue weighted by molar-refractivity contribution is 8.25. The summed E-state index contributed by atoms with van der Waals surface area (Å²) in [5, 5.41) is 2.01. The Hall–Kier alpha value is -2.66. The summed E-state index contributed by atoms with van der Waals surface area (Å²) in [4.78, 5) is 35.4. The van der Waals surface area contributed by atoms with Crippen molar-refractivity contribution < 1.29 is 18.7 Å². The van der Waals surface area contributed by atoms with Crippen molar-refractivity contribution in [1.29, 1.82) is 0 Å². The number of rotatable bonds is 4. The number of likely N-dealkylation sites (tertiary alicyclic amines) is 1. The van der Waals surface area contributed by atoms with Crippen molar-refractivity contribution in [1.82, 2.24) is 9.80 Å². The summed E-state index contributed by atoms with van der Waals surface area (Å²) in [7, 11) is 5.31. The van der Waals surface area contributed by atoms with Gasteiger partial charge in [0, 0.05) is 35.6 Å². The number of anilines is 1. The van der Waals surface area contributed by atoms with E-state index in [-0.39, 0.29) is 24.3 Å². The van der Waals surface area contributed by atoms with Gasteiger partial charge in [0.25, 0.3) is 5.91 Å². The summed E-state index contributed by atoms with van der Waals surface area (Å²) < 4.78 is 10.4. The van der Waals surface area contributed by atoms with E-state index in [4.69, 9.17) is 21.4 Å². The lowest BCUT2D eigenvalue weighted by Crippen LogP contribution is -2.62. The largest absolute Gasteiger partial charge is 0.497 e. The third-order valence-corrected chi connectivity index (χ3v) is 10.4. The highest BCUT2D eigenvalue weighted by Gasteiger charge is 2.78. The molecule has 0 radical (unpaired) electrons. The number of thioether (sulfide) groups is 1. The van der Waals surface area contributed by atoms with Gasteiger partial charge in [-0.1, -0.05) is 30.0 Å². The molecule has 5 heterocycles. The molecule has 35 heavy (non-hydrogen) atoms. The summed E-state index contributed by atoms with van der Waals surface area (Å²) >= 11 is 8.77. The fourth-order valence-electron chi connectivity index (χ4n) is 5.94. The Morgan fingerprint density at radius 2 is 2.00 bits per heavy atom. The van der Waals surface area contributed by atoms with Crippen LogP contribution in [0.25, 0.3) is 0 Å². The summed E-state index contributed by atoms with van der Waals surface area (Å²) in [6.45, 7) is 0.762. The lowest BCUT2D eigenvalue weighted by atomic mass is 9.73. The van der Waals surface area contributed by atoms with Crippen molar-refractivity contribution in [3.8, 4) is 5.75 Å². The van der Waals surface area contributed by atoms with E-state index < -0.39 is 10.3 Å². The van der Waals surface area contributed by atoms with Gasteiger partial charge in [-0.05, 0) is 48.8 Å².